The van der Waals surface area contributed by atoms with Crippen LogP contribution in [-0.2, 0) is 0 Å². The van der Waals surface area contributed by atoms with Crippen LogP contribution in [0.5, 0.6) is 11.5 Å². The van der Waals surface area contributed by atoms with Crippen molar-refractivity contribution in [3.63, 3.8) is 0 Å². The van der Waals surface area contributed by atoms with E-state index < -0.39 is 0 Å². The van der Waals surface area contributed by atoms with E-state index in [4.69, 9.17) is 14.7 Å². The Morgan fingerprint density at radius 3 is 1.54 bits per heavy atom. The zero-order valence-electron chi connectivity index (χ0n) is 20.2. The number of hydrogen-bond donors (Lipinski definition) is 0. The molecular weight excluding hydrogens is 460 g/mol. The highest BCUT2D eigenvalue weighted by atomic mass is 16.5. The first-order valence-electron chi connectivity index (χ1n) is 12.2. The van der Waals surface area contributed by atoms with Gasteiger partial charge in [0.2, 0.25) is 0 Å². The highest BCUT2D eigenvalue weighted by Crippen LogP contribution is 2.36. The molecule has 6 aromatic heterocycles. The van der Waals surface area contributed by atoms with E-state index >= 15 is 0 Å². The van der Waals surface area contributed by atoms with Crippen LogP contribution in [-0.4, -0.2) is 28.7 Å². The number of hydrogen-bond acceptors (Lipinski definition) is 5. The van der Waals surface area contributed by atoms with Gasteiger partial charge in [0.05, 0.1) is 33.5 Å². The van der Waals surface area contributed by atoms with E-state index in [0.717, 1.165) is 66.3 Å². The van der Waals surface area contributed by atoms with Gasteiger partial charge in [0.25, 0.3) is 0 Å². The van der Waals surface area contributed by atoms with Crippen molar-refractivity contribution in [2.45, 2.75) is 13.8 Å². The summed E-state index contributed by atoms with van der Waals surface area (Å²) in [7, 11) is 0. The smallest absolute Gasteiger partial charge is 0.149 e. The van der Waals surface area contributed by atoms with E-state index in [0.29, 0.717) is 11.5 Å². The average Bonchev–Trinajstić information content (AvgIpc) is 3.61. The molecule has 0 radical (unpaired) electrons. The summed E-state index contributed by atoms with van der Waals surface area (Å²) in [4.78, 5) is 19.2. The minimum absolute atomic E-state index is 0.678. The van der Waals surface area contributed by atoms with Gasteiger partial charge in [0.15, 0.2) is 0 Å². The molecule has 0 amide bonds. The van der Waals surface area contributed by atoms with E-state index in [-0.39, 0.29) is 0 Å². The molecule has 0 fully saturated rings. The van der Waals surface area contributed by atoms with Crippen LogP contribution in [0.4, 0.5) is 0 Å². The third-order valence-corrected chi connectivity index (χ3v) is 7.15. The topological polar surface area (TPSA) is 69.6 Å². The summed E-state index contributed by atoms with van der Waals surface area (Å²) >= 11 is 0. The lowest BCUT2D eigenvalue weighted by molar-refractivity contribution is 0.471. The minimum Gasteiger partial charge on any atom is -0.454 e. The van der Waals surface area contributed by atoms with Crippen LogP contribution in [0.1, 0.15) is 11.4 Å². The molecule has 7 nitrogen and oxygen atoms in total. The van der Waals surface area contributed by atoms with E-state index in [1.807, 2.05) is 75.0 Å². The van der Waals surface area contributed by atoms with Crippen molar-refractivity contribution in [2.75, 3.05) is 0 Å². The largest absolute Gasteiger partial charge is 0.454 e. The molecule has 0 aliphatic heterocycles. The maximum atomic E-state index is 6.53. The second kappa shape index (κ2) is 7.24. The van der Waals surface area contributed by atoms with Crippen molar-refractivity contribution in [2.24, 2.45) is 0 Å². The number of para-hydroxylation sites is 2. The lowest BCUT2D eigenvalue weighted by atomic mass is 10.1. The molecule has 7 heteroatoms. The second-order valence-electron chi connectivity index (χ2n) is 9.31. The van der Waals surface area contributed by atoms with E-state index in [1.165, 1.54) is 0 Å². The van der Waals surface area contributed by atoms with Gasteiger partial charge in [-0.1, -0.05) is 36.4 Å². The fraction of sp³-hybridized carbons (Fsp3) is 0.0667. The summed E-state index contributed by atoms with van der Waals surface area (Å²) in [6.07, 6.45) is 7.60. The molecular formula is C30H20N6O. The highest BCUT2D eigenvalue weighted by Gasteiger charge is 2.17. The maximum absolute atomic E-state index is 6.53. The molecule has 0 unspecified atom stereocenters. The number of aryl methyl sites for hydroxylation is 2. The predicted octanol–water partition coefficient (Wildman–Crippen LogP) is 6.79. The number of ether oxygens (including phenoxy) is 1. The molecule has 176 valence electrons. The zero-order chi connectivity index (χ0) is 24.7. The van der Waals surface area contributed by atoms with Gasteiger partial charge in [0.1, 0.15) is 22.8 Å². The number of aromatic nitrogens is 6. The van der Waals surface area contributed by atoms with Crippen molar-refractivity contribution in [1.82, 2.24) is 28.7 Å². The molecule has 0 aliphatic carbocycles. The Morgan fingerprint density at radius 2 is 1.05 bits per heavy atom. The number of fused-ring (bicyclic) bond motifs is 12. The summed E-state index contributed by atoms with van der Waals surface area (Å²) in [5.41, 5.74) is 7.29. The van der Waals surface area contributed by atoms with E-state index in [1.54, 1.807) is 0 Å². The molecule has 0 N–H and O–H groups in total. The van der Waals surface area contributed by atoms with Gasteiger partial charge in [-0.2, -0.15) is 0 Å². The molecule has 0 bridgehead atoms. The van der Waals surface area contributed by atoms with E-state index in [9.17, 15) is 0 Å². The van der Waals surface area contributed by atoms with Gasteiger partial charge < -0.3 is 4.74 Å². The SMILES string of the molecule is Cc1nc2c3ccccc3n3ccnc3c2cc1Oc1cc2c(nc1C)c1ccccc1n1ccnc21. The van der Waals surface area contributed by atoms with Gasteiger partial charge in [-0.25, -0.2) is 19.9 Å². The first-order valence-corrected chi connectivity index (χ1v) is 12.2. The van der Waals surface area contributed by atoms with Crippen LogP contribution in [0.3, 0.4) is 0 Å². The Hall–Kier alpha value is -5.04. The molecule has 0 spiro atoms. The van der Waals surface area contributed by atoms with Crippen LogP contribution in [0.15, 0.2) is 85.5 Å². The Labute approximate surface area is 210 Å². The number of rotatable bonds is 2. The number of imidazole rings is 2. The van der Waals surface area contributed by atoms with Crippen LogP contribution in [0, 0.1) is 13.8 Å². The summed E-state index contributed by atoms with van der Waals surface area (Å²) in [6.45, 7) is 3.95. The fourth-order valence-corrected chi connectivity index (χ4v) is 5.41. The van der Waals surface area contributed by atoms with Gasteiger partial charge in [-0.15, -0.1) is 0 Å². The fourth-order valence-electron chi connectivity index (χ4n) is 5.41. The summed E-state index contributed by atoms with van der Waals surface area (Å²) in [6, 6.07) is 20.6. The maximum Gasteiger partial charge on any atom is 0.149 e. The minimum atomic E-state index is 0.678. The average molecular weight is 481 g/mol. The monoisotopic (exact) mass is 480 g/mol. The summed E-state index contributed by atoms with van der Waals surface area (Å²) < 4.78 is 10.7. The van der Waals surface area contributed by atoms with Crippen LogP contribution in [0.25, 0.3) is 54.9 Å². The van der Waals surface area contributed by atoms with Gasteiger partial charge in [-0.05, 0) is 38.1 Å². The zero-order valence-corrected chi connectivity index (χ0v) is 20.2. The first-order chi connectivity index (χ1) is 18.2. The standard InChI is InChI=1S/C30H20N6O/c1-17-25(15-21-27(33-17)19-7-3-5-9-23(19)35-13-11-31-29(21)35)37-26-16-22-28(34-18(26)2)20-8-4-6-10-24(20)36-14-12-32-30(22)36/h3-16H,1-2H3. The first kappa shape index (κ1) is 20.2. The van der Waals surface area contributed by atoms with Crippen molar-refractivity contribution in [3.05, 3.63) is 96.8 Å². The molecule has 8 rings (SSSR count). The molecule has 8 aromatic rings. The second-order valence-corrected chi connectivity index (χ2v) is 9.31. The molecule has 2 aromatic carbocycles. The molecule has 0 saturated heterocycles. The van der Waals surface area contributed by atoms with Crippen molar-refractivity contribution in [1.29, 1.82) is 0 Å². The van der Waals surface area contributed by atoms with Crippen molar-refractivity contribution < 1.29 is 4.74 Å². The quantitative estimate of drug-likeness (QED) is 0.255. The number of pyridine rings is 4. The summed E-state index contributed by atoms with van der Waals surface area (Å²) in [5, 5.41) is 4.04. The Morgan fingerprint density at radius 1 is 0.595 bits per heavy atom. The van der Waals surface area contributed by atoms with Crippen molar-refractivity contribution in [3.8, 4) is 11.5 Å². The van der Waals surface area contributed by atoms with Crippen molar-refractivity contribution >= 4 is 54.9 Å². The summed E-state index contributed by atoms with van der Waals surface area (Å²) in [5.74, 6) is 1.36. The van der Waals surface area contributed by atoms with Crippen LogP contribution in [0.2, 0.25) is 0 Å². The predicted molar refractivity (Wildman–Crippen MR) is 146 cm³/mol. The van der Waals surface area contributed by atoms with Gasteiger partial charge in [-0.3, -0.25) is 8.80 Å². The highest BCUT2D eigenvalue weighted by molar-refractivity contribution is 6.11. The number of nitrogens with zero attached hydrogens (tertiary/aromatic N) is 6. The third-order valence-electron chi connectivity index (χ3n) is 7.15. The Bertz CT molecular complexity index is 2050. The van der Waals surface area contributed by atoms with Gasteiger partial charge in [0, 0.05) is 46.3 Å². The van der Waals surface area contributed by atoms with Gasteiger partial charge >= 0.3 is 0 Å². The number of benzene rings is 2. The van der Waals surface area contributed by atoms with Crippen LogP contribution >= 0.6 is 0 Å². The molecule has 0 aliphatic rings. The third kappa shape index (κ3) is 2.76. The lowest BCUT2D eigenvalue weighted by Gasteiger charge is -2.15. The molecule has 0 saturated carbocycles. The molecule has 37 heavy (non-hydrogen) atoms. The Balaban J connectivity index is 1.36. The Kier molecular flexibility index (Phi) is 3.95. The van der Waals surface area contributed by atoms with Crippen LogP contribution < -0.4 is 4.74 Å². The van der Waals surface area contributed by atoms with E-state index in [2.05, 4.69) is 43.0 Å². The molecule has 0 atom stereocenters. The lowest BCUT2D eigenvalue weighted by Crippen LogP contribution is -1.99. The normalized spacial score (nSPS) is 12.1. The molecule has 6 heterocycles.